The Morgan fingerprint density at radius 1 is 1.11 bits per heavy atom. The highest BCUT2D eigenvalue weighted by Crippen LogP contribution is 2.33. The first-order valence-corrected chi connectivity index (χ1v) is 9.81. The maximum absolute atomic E-state index is 6.07. The van der Waals surface area contributed by atoms with Gasteiger partial charge in [-0.3, -0.25) is 0 Å². The van der Waals surface area contributed by atoms with Crippen LogP contribution in [0.1, 0.15) is 16.8 Å². The highest BCUT2D eigenvalue weighted by Gasteiger charge is 2.17. The molecule has 0 atom stereocenters. The molecule has 1 aromatic heterocycles. The fourth-order valence-electron chi connectivity index (χ4n) is 3.61. The Hall–Kier alpha value is -2.97. The minimum atomic E-state index is 0.759. The average Bonchev–Trinajstić information content (AvgIpc) is 3.06. The number of benzene rings is 2. The maximum atomic E-state index is 6.07. The third-order valence-corrected chi connectivity index (χ3v) is 5.44. The summed E-state index contributed by atoms with van der Waals surface area (Å²) in [5.41, 5.74) is 8.25. The first kappa shape index (κ1) is 18.4. The van der Waals surface area contributed by atoms with Crippen LogP contribution in [0.2, 0.25) is 5.02 Å². The molecule has 0 saturated heterocycles. The number of hydrogen-bond acceptors (Lipinski definition) is 1. The van der Waals surface area contributed by atoms with Gasteiger partial charge in [-0.15, -0.1) is 0 Å². The predicted molar refractivity (Wildman–Crippen MR) is 119 cm³/mol. The highest BCUT2D eigenvalue weighted by atomic mass is 35.5. The van der Waals surface area contributed by atoms with Gasteiger partial charge in [-0.25, -0.2) is 0 Å². The number of rotatable bonds is 5. The summed E-state index contributed by atoms with van der Waals surface area (Å²) in [6, 6.07) is 20.9. The van der Waals surface area contributed by atoms with Crippen LogP contribution in [-0.2, 0) is 6.54 Å². The molecular formula is C25H23ClN2. The van der Waals surface area contributed by atoms with E-state index in [1.807, 2.05) is 24.4 Å². The number of dihydropyridines is 1. The van der Waals surface area contributed by atoms with Crippen molar-refractivity contribution in [1.29, 1.82) is 0 Å². The van der Waals surface area contributed by atoms with Gasteiger partial charge in [-0.2, -0.15) is 0 Å². The van der Waals surface area contributed by atoms with E-state index in [0.29, 0.717) is 0 Å². The summed E-state index contributed by atoms with van der Waals surface area (Å²) in [5.74, 6) is 0. The molecule has 0 bridgehead atoms. The molecule has 0 spiro atoms. The van der Waals surface area contributed by atoms with Crippen molar-refractivity contribution in [2.45, 2.75) is 13.5 Å². The summed E-state index contributed by atoms with van der Waals surface area (Å²) in [6.45, 7) is 8.20. The molecule has 1 aliphatic heterocycles. The zero-order valence-electron chi connectivity index (χ0n) is 16.0. The van der Waals surface area contributed by atoms with Crippen molar-refractivity contribution in [3.63, 3.8) is 0 Å². The van der Waals surface area contributed by atoms with Gasteiger partial charge in [-0.1, -0.05) is 66.7 Å². The van der Waals surface area contributed by atoms with E-state index >= 15 is 0 Å². The molecule has 0 unspecified atom stereocenters. The second-order valence-electron chi connectivity index (χ2n) is 6.99. The first-order valence-electron chi connectivity index (χ1n) is 9.43. The van der Waals surface area contributed by atoms with Crippen LogP contribution in [-0.4, -0.2) is 11.1 Å². The minimum Gasteiger partial charge on any atom is -0.387 e. The number of halogens is 1. The third kappa shape index (κ3) is 3.69. The largest absolute Gasteiger partial charge is 0.387 e. The topological polar surface area (TPSA) is 17.0 Å². The van der Waals surface area contributed by atoms with E-state index in [-0.39, 0.29) is 0 Å². The van der Waals surface area contributed by atoms with Gasteiger partial charge in [0.15, 0.2) is 0 Å². The highest BCUT2D eigenvalue weighted by molar-refractivity contribution is 6.30. The van der Waals surface area contributed by atoms with E-state index in [1.165, 1.54) is 33.7 Å². The summed E-state index contributed by atoms with van der Waals surface area (Å²) in [6.07, 6.45) is 6.25. The molecule has 4 rings (SSSR count). The Balaban J connectivity index is 1.79. The van der Waals surface area contributed by atoms with Crippen LogP contribution in [0.3, 0.4) is 0 Å². The van der Waals surface area contributed by atoms with E-state index in [0.717, 1.165) is 23.7 Å². The van der Waals surface area contributed by atoms with Crippen LogP contribution >= 0.6 is 11.6 Å². The molecule has 140 valence electrons. The second-order valence-corrected chi connectivity index (χ2v) is 7.42. The van der Waals surface area contributed by atoms with Gasteiger partial charge in [0.05, 0.1) is 0 Å². The molecule has 2 aromatic carbocycles. The Morgan fingerprint density at radius 2 is 1.86 bits per heavy atom. The molecule has 1 aliphatic rings. The lowest BCUT2D eigenvalue weighted by Gasteiger charge is -2.14. The molecule has 28 heavy (non-hydrogen) atoms. The van der Waals surface area contributed by atoms with Crippen LogP contribution in [0.25, 0.3) is 16.8 Å². The van der Waals surface area contributed by atoms with Crippen LogP contribution in [0, 0.1) is 6.92 Å². The van der Waals surface area contributed by atoms with Crippen molar-refractivity contribution >= 4 is 17.2 Å². The molecule has 0 fully saturated rings. The molecule has 0 radical (unpaired) electrons. The van der Waals surface area contributed by atoms with Crippen molar-refractivity contribution in [1.82, 2.24) is 9.88 Å². The van der Waals surface area contributed by atoms with Gasteiger partial charge in [-0.05, 0) is 59.7 Å². The molecule has 3 heteroatoms. The van der Waals surface area contributed by atoms with Crippen LogP contribution < -0.4 is 5.32 Å². The number of nitrogens with zero attached hydrogens (tertiary/aromatic N) is 1. The smallest absolute Gasteiger partial charge is 0.0491 e. The number of nitrogens with one attached hydrogen (secondary N) is 1. The predicted octanol–water partition coefficient (Wildman–Crippen LogP) is 6.22. The SMILES string of the molecule is C=C(C1=CCNC=C1)c1cc(-c2ccccc2)n(Cc2ccc(Cl)cc2)c1C. The van der Waals surface area contributed by atoms with E-state index in [2.05, 4.69) is 78.0 Å². The maximum Gasteiger partial charge on any atom is 0.0491 e. The second kappa shape index (κ2) is 7.95. The van der Waals surface area contributed by atoms with Crippen LogP contribution in [0.15, 0.2) is 91.2 Å². The quantitative estimate of drug-likeness (QED) is 0.550. The number of allylic oxidation sites excluding steroid dienone is 3. The normalized spacial score (nSPS) is 13.1. The Morgan fingerprint density at radius 3 is 2.54 bits per heavy atom. The molecule has 1 N–H and O–H groups in total. The standard InChI is InChI=1S/C25H23ClN2/c1-18(21-12-14-27-15-13-21)24-16-25(22-6-4-3-5-7-22)28(19(24)2)17-20-8-10-23(26)11-9-20/h3-14,16,27H,1,15,17H2,2H3. The molecule has 0 amide bonds. The van der Waals surface area contributed by atoms with Crippen molar-refractivity contribution in [2.75, 3.05) is 6.54 Å². The fraction of sp³-hybridized carbons (Fsp3) is 0.120. The zero-order chi connectivity index (χ0) is 19.5. The van der Waals surface area contributed by atoms with Crippen molar-refractivity contribution in [2.24, 2.45) is 0 Å². The molecular weight excluding hydrogens is 364 g/mol. The first-order chi connectivity index (χ1) is 13.6. The molecule has 2 heterocycles. The van der Waals surface area contributed by atoms with Gasteiger partial charge in [0.25, 0.3) is 0 Å². The molecule has 0 saturated carbocycles. The van der Waals surface area contributed by atoms with Crippen LogP contribution in [0.4, 0.5) is 0 Å². The van der Waals surface area contributed by atoms with Gasteiger partial charge in [0.2, 0.25) is 0 Å². The lowest BCUT2D eigenvalue weighted by Crippen LogP contribution is -2.09. The number of hydrogen-bond donors (Lipinski definition) is 1. The monoisotopic (exact) mass is 386 g/mol. The molecule has 2 nitrogen and oxygen atoms in total. The minimum absolute atomic E-state index is 0.759. The van der Waals surface area contributed by atoms with Crippen LogP contribution in [0.5, 0.6) is 0 Å². The zero-order valence-corrected chi connectivity index (χ0v) is 16.7. The Bertz CT molecular complexity index is 1050. The van der Waals surface area contributed by atoms with Crippen molar-refractivity contribution in [3.8, 4) is 11.3 Å². The Labute approximate surface area is 171 Å². The third-order valence-electron chi connectivity index (χ3n) is 5.18. The van der Waals surface area contributed by atoms with Crippen molar-refractivity contribution < 1.29 is 0 Å². The Kier molecular flexibility index (Phi) is 5.23. The number of aromatic nitrogens is 1. The van der Waals surface area contributed by atoms with E-state index in [1.54, 1.807) is 0 Å². The van der Waals surface area contributed by atoms with E-state index in [9.17, 15) is 0 Å². The van der Waals surface area contributed by atoms with Gasteiger partial charge < -0.3 is 9.88 Å². The summed E-state index contributed by atoms with van der Waals surface area (Å²) < 4.78 is 2.37. The lowest BCUT2D eigenvalue weighted by molar-refractivity contribution is 0.783. The molecule has 0 aliphatic carbocycles. The summed E-state index contributed by atoms with van der Waals surface area (Å²) in [7, 11) is 0. The van der Waals surface area contributed by atoms with Gasteiger partial charge in [0, 0.05) is 35.1 Å². The van der Waals surface area contributed by atoms with Crippen molar-refractivity contribution in [3.05, 3.63) is 113 Å². The molecule has 3 aromatic rings. The van der Waals surface area contributed by atoms with E-state index in [4.69, 9.17) is 11.6 Å². The van der Waals surface area contributed by atoms with Gasteiger partial charge >= 0.3 is 0 Å². The summed E-state index contributed by atoms with van der Waals surface area (Å²) >= 11 is 6.07. The fourth-order valence-corrected chi connectivity index (χ4v) is 3.73. The van der Waals surface area contributed by atoms with E-state index < -0.39 is 0 Å². The van der Waals surface area contributed by atoms with Gasteiger partial charge in [0.1, 0.15) is 0 Å². The lowest BCUT2D eigenvalue weighted by atomic mass is 9.98. The summed E-state index contributed by atoms with van der Waals surface area (Å²) in [4.78, 5) is 0. The average molecular weight is 387 g/mol. The summed E-state index contributed by atoms with van der Waals surface area (Å²) in [5, 5.41) is 3.96.